The SMILES string of the molecule is CCOCc1nc2c(N)nc(C)c(C)c2n1CCCCCSC. The number of nitrogens with two attached hydrogens (primary N) is 1. The van der Waals surface area contributed by atoms with Crippen molar-refractivity contribution in [2.24, 2.45) is 0 Å². The number of nitrogen functional groups attached to an aromatic ring is 1. The van der Waals surface area contributed by atoms with Crippen LogP contribution in [0.2, 0.25) is 0 Å². The van der Waals surface area contributed by atoms with Crippen molar-refractivity contribution in [2.45, 2.75) is 53.2 Å². The number of imidazole rings is 1. The van der Waals surface area contributed by atoms with Gasteiger partial charge in [-0.15, -0.1) is 0 Å². The first-order valence-corrected chi connectivity index (χ1v) is 9.68. The van der Waals surface area contributed by atoms with Crippen molar-refractivity contribution in [3.05, 3.63) is 17.1 Å². The summed E-state index contributed by atoms with van der Waals surface area (Å²) in [5.74, 6) is 2.70. The third-order valence-corrected chi connectivity index (χ3v) is 4.84. The number of ether oxygens (including phenoxy) is 1. The second-order valence-electron chi connectivity index (χ2n) is 5.77. The molecule has 0 aliphatic carbocycles. The molecule has 0 spiro atoms. The number of rotatable bonds is 9. The number of unbranched alkanes of at least 4 members (excludes halogenated alkanes) is 2. The first-order valence-electron chi connectivity index (χ1n) is 8.28. The summed E-state index contributed by atoms with van der Waals surface area (Å²) < 4.78 is 7.88. The van der Waals surface area contributed by atoms with Gasteiger partial charge in [0.2, 0.25) is 0 Å². The Kier molecular flexibility index (Phi) is 6.72. The second kappa shape index (κ2) is 8.55. The number of nitrogens with zero attached hydrogens (tertiary/aromatic N) is 3. The van der Waals surface area contributed by atoms with Gasteiger partial charge >= 0.3 is 0 Å². The minimum absolute atomic E-state index is 0.516. The van der Waals surface area contributed by atoms with Crippen molar-refractivity contribution >= 4 is 28.6 Å². The van der Waals surface area contributed by atoms with Gasteiger partial charge in [0.05, 0.1) is 5.52 Å². The highest BCUT2D eigenvalue weighted by Gasteiger charge is 2.17. The molecule has 0 atom stereocenters. The minimum Gasteiger partial charge on any atom is -0.382 e. The van der Waals surface area contributed by atoms with Crippen LogP contribution in [0.4, 0.5) is 5.82 Å². The van der Waals surface area contributed by atoms with Crippen molar-refractivity contribution < 1.29 is 4.74 Å². The zero-order chi connectivity index (χ0) is 16.8. The molecule has 2 aromatic heterocycles. The van der Waals surface area contributed by atoms with Crippen molar-refractivity contribution in [3.63, 3.8) is 0 Å². The number of thioether (sulfide) groups is 1. The second-order valence-corrected chi connectivity index (χ2v) is 6.76. The van der Waals surface area contributed by atoms with E-state index in [0.717, 1.165) is 41.1 Å². The lowest BCUT2D eigenvalue weighted by atomic mass is 10.2. The van der Waals surface area contributed by atoms with Gasteiger partial charge in [-0.05, 0) is 51.2 Å². The standard InChI is InChI=1S/C17H28N4OS/c1-5-22-11-14-20-15-16(12(2)13(3)19-17(15)18)21(14)9-7-6-8-10-23-4/h5-11H2,1-4H3,(H2,18,19). The molecule has 23 heavy (non-hydrogen) atoms. The number of hydrogen-bond donors (Lipinski definition) is 1. The summed E-state index contributed by atoms with van der Waals surface area (Å²) in [6.07, 6.45) is 5.79. The van der Waals surface area contributed by atoms with Crippen LogP contribution in [0, 0.1) is 13.8 Å². The lowest BCUT2D eigenvalue weighted by molar-refractivity contribution is 0.126. The summed E-state index contributed by atoms with van der Waals surface area (Å²) in [6, 6.07) is 0. The molecular formula is C17H28N4OS. The summed E-state index contributed by atoms with van der Waals surface area (Å²) in [5, 5.41) is 0. The van der Waals surface area contributed by atoms with Gasteiger partial charge in [0.15, 0.2) is 5.82 Å². The molecule has 2 heterocycles. The fourth-order valence-corrected chi connectivity index (χ4v) is 3.28. The van der Waals surface area contributed by atoms with E-state index < -0.39 is 0 Å². The molecule has 0 aromatic carbocycles. The number of anilines is 1. The van der Waals surface area contributed by atoms with Gasteiger partial charge in [0.1, 0.15) is 17.9 Å². The Morgan fingerprint density at radius 3 is 2.65 bits per heavy atom. The maximum Gasteiger partial charge on any atom is 0.151 e. The smallest absolute Gasteiger partial charge is 0.151 e. The molecule has 0 saturated heterocycles. The van der Waals surface area contributed by atoms with Crippen LogP contribution in [-0.4, -0.2) is 33.2 Å². The van der Waals surface area contributed by atoms with E-state index in [2.05, 4.69) is 22.7 Å². The molecule has 0 aliphatic heterocycles. The Labute approximate surface area is 143 Å². The Bertz CT molecular complexity index is 654. The molecule has 0 fully saturated rings. The number of pyridine rings is 1. The number of aryl methyl sites for hydroxylation is 3. The predicted octanol–water partition coefficient (Wildman–Crippen LogP) is 3.70. The van der Waals surface area contributed by atoms with Crippen LogP contribution in [0.5, 0.6) is 0 Å². The lowest BCUT2D eigenvalue weighted by Gasteiger charge is -2.12. The van der Waals surface area contributed by atoms with E-state index in [-0.39, 0.29) is 0 Å². The first kappa shape index (κ1) is 18.1. The molecule has 2 rings (SSSR count). The molecule has 6 heteroatoms. The van der Waals surface area contributed by atoms with Gasteiger partial charge < -0.3 is 15.0 Å². The van der Waals surface area contributed by atoms with Crippen LogP contribution >= 0.6 is 11.8 Å². The van der Waals surface area contributed by atoms with Crippen molar-refractivity contribution in [1.82, 2.24) is 14.5 Å². The third kappa shape index (κ3) is 4.18. The normalized spacial score (nSPS) is 11.5. The molecule has 0 radical (unpaired) electrons. The number of hydrogen-bond acceptors (Lipinski definition) is 5. The quantitative estimate of drug-likeness (QED) is 0.707. The molecule has 5 nitrogen and oxygen atoms in total. The van der Waals surface area contributed by atoms with E-state index in [1.807, 2.05) is 25.6 Å². The van der Waals surface area contributed by atoms with Gasteiger partial charge in [-0.2, -0.15) is 11.8 Å². The largest absolute Gasteiger partial charge is 0.382 e. The average Bonchev–Trinajstić information content (AvgIpc) is 2.90. The summed E-state index contributed by atoms with van der Waals surface area (Å²) in [5.41, 5.74) is 10.2. The van der Waals surface area contributed by atoms with Gasteiger partial charge in [0.25, 0.3) is 0 Å². The molecule has 0 amide bonds. The maximum absolute atomic E-state index is 6.10. The average molecular weight is 337 g/mol. The van der Waals surface area contributed by atoms with Crippen LogP contribution in [0.3, 0.4) is 0 Å². The summed E-state index contributed by atoms with van der Waals surface area (Å²) >= 11 is 1.91. The molecule has 0 aliphatic rings. The van der Waals surface area contributed by atoms with Crippen LogP contribution in [0.15, 0.2) is 0 Å². The van der Waals surface area contributed by atoms with E-state index in [4.69, 9.17) is 15.5 Å². The Morgan fingerprint density at radius 2 is 1.96 bits per heavy atom. The third-order valence-electron chi connectivity index (χ3n) is 4.14. The van der Waals surface area contributed by atoms with E-state index in [9.17, 15) is 0 Å². The predicted molar refractivity (Wildman–Crippen MR) is 99.0 cm³/mol. The molecule has 128 valence electrons. The molecule has 0 bridgehead atoms. The van der Waals surface area contributed by atoms with Gasteiger partial charge in [-0.1, -0.05) is 6.42 Å². The first-order chi connectivity index (χ1) is 11.1. The topological polar surface area (TPSA) is 66.0 Å². The molecule has 2 N–H and O–H groups in total. The summed E-state index contributed by atoms with van der Waals surface area (Å²) in [7, 11) is 0. The van der Waals surface area contributed by atoms with Crippen LogP contribution < -0.4 is 5.73 Å². The van der Waals surface area contributed by atoms with E-state index in [1.165, 1.54) is 18.6 Å². The number of fused-ring (bicyclic) bond motifs is 1. The monoisotopic (exact) mass is 336 g/mol. The van der Waals surface area contributed by atoms with E-state index in [0.29, 0.717) is 19.0 Å². The highest BCUT2D eigenvalue weighted by atomic mass is 32.2. The Morgan fingerprint density at radius 1 is 1.17 bits per heavy atom. The summed E-state index contributed by atoms with van der Waals surface area (Å²) in [6.45, 7) is 8.26. The fourth-order valence-electron chi connectivity index (χ4n) is 2.78. The lowest BCUT2D eigenvalue weighted by Crippen LogP contribution is -2.07. The van der Waals surface area contributed by atoms with Crippen LogP contribution in [0.25, 0.3) is 11.0 Å². The number of aromatic nitrogens is 3. The van der Waals surface area contributed by atoms with Crippen LogP contribution in [-0.2, 0) is 17.9 Å². The molecule has 0 unspecified atom stereocenters. The molecule has 2 aromatic rings. The van der Waals surface area contributed by atoms with E-state index in [1.54, 1.807) is 0 Å². The van der Waals surface area contributed by atoms with Crippen LogP contribution in [0.1, 0.15) is 43.3 Å². The van der Waals surface area contributed by atoms with Gasteiger partial charge in [-0.3, -0.25) is 0 Å². The molecular weight excluding hydrogens is 308 g/mol. The minimum atomic E-state index is 0.516. The Hall–Kier alpha value is -1.27. The summed E-state index contributed by atoms with van der Waals surface area (Å²) in [4.78, 5) is 9.13. The zero-order valence-corrected chi connectivity index (χ0v) is 15.5. The highest BCUT2D eigenvalue weighted by Crippen LogP contribution is 2.27. The van der Waals surface area contributed by atoms with Crippen molar-refractivity contribution in [3.8, 4) is 0 Å². The van der Waals surface area contributed by atoms with E-state index >= 15 is 0 Å². The fraction of sp³-hybridized carbons (Fsp3) is 0.647. The van der Waals surface area contributed by atoms with Crippen molar-refractivity contribution in [1.29, 1.82) is 0 Å². The highest BCUT2D eigenvalue weighted by molar-refractivity contribution is 7.98. The zero-order valence-electron chi connectivity index (χ0n) is 14.7. The van der Waals surface area contributed by atoms with Gasteiger partial charge in [-0.25, -0.2) is 9.97 Å². The van der Waals surface area contributed by atoms with Crippen molar-refractivity contribution in [2.75, 3.05) is 24.3 Å². The maximum atomic E-state index is 6.10. The van der Waals surface area contributed by atoms with Gasteiger partial charge in [0, 0.05) is 18.8 Å². The molecule has 0 saturated carbocycles. The Balaban J connectivity index is 2.33.